The van der Waals surface area contributed by atoms with Crippen LogP contribution in [0.1, 0.15) is 33.3 Å². The van der Waals surface area contributed by atoms with Gasteiger partial charge in [0.2, 0.25) is 5.88 Å². The van der Waals surface area contributed by atoms with Crippen LogP contribution in [-0.4, -0.2) is 27.6 Å². The van der Waals surface area contributed by atoms with Crippen molar-refractivity contribution in [2.24, 2.45) is 12.2 Å². The van der Waals surface area contributed by atoms with Crippen LogP contribution in [0.4, 0.5) is 13.2 Å². The lowest BCUT2D eigenvalue weighted by molar-refractivity contribution is -0.143. The molecule has 0 saturated heterocycles. The van der Waals surface area contributed by atoms with Crippen LogP contribution < -0.4 is 4.74 Å². The number of benzene rings is 2. The fourth-order valence-corrected chi connectivity index (χ4v) is 2.85. The number of hydrogen-bond acceptors (Lipinski definition) is 5. The van der Waals surface area contributed by atoms with E-state index in [9.17, 15) is 18.0 Å². The number of carbonyl (C=O) groups is 1. The summed E-state index contributed by atoms with van der Waals surface area (Å²) in [7, 11) is 1.31. The molecular weight excluding hydrogens is 403 g/mol. The molecule has 0 aliphatic carbocycles. The molecule has 3 aromatic rings. The van der Waals surface area contributed by atoms with E-state index in [1.807, 2.05) is 0 Å². The normalized spacial score (nSPS) is 12.3. The van der Waals surface area contributed by atoms with E-state index in [-0.39, 0.29) is 17.0 Å². The number of aromatic nitrogens is 2. The number of rotatable bonds is 7. The van der Waals surface area contributed by atoms with Gasteiger partial charge in [0.1, 0.15) is 5.75 Å². The number of ether oxygens (including phenoxy) is 1. The third-order valence-electron chi connectivity index (χ3n) is 4.16. The summed E-state index contributed by atoms with van der Waals surface area (Å²) in [5.74, 6) is -1.09. The number of alkyl halides is 3. The molecule has 0 saturated carbocycles. The summed E-state index contributed by atoms with van der Waals surface area (Å²) < 4.78 is 47.9. The average molecular weight is 419 g/mol. The van der Waals surface area contributed by atoms with Gasteiger partial charge in [-0.3, -0.25) is 0 Å². The smallest absolute Gasteiger partial charge is 0.435 e. The summed E-state index contributed by atoms with van der Waals surface area (Å²) in [5.41, 5.74) is -1.45. The van der Waals surface area contributed by atoms with Crippen molar-refractivity contribution in [3.63, 3.8) is 0 Å². The molecule has 3 rings (SSSR count). The molecule has 0 spiro atoms. The molecule has 156 valence electrons. The second-order valence-electron chi connectivity index (χ2n) is 6.15. The Morgan fingerprint density at radius 1 is 1.17 bits per heavy atom. The van der Waals surface area contributed by atoms with Gasteiger partial charge in [0.25, 0.3) is 0 Å². The van der Waals surface area contributed by atoms with Crippen LogP contribution in [0, 0.1) is 0 Å². The number of hydrogen-bond donors (Lipinski definition) is 1. The van der Waals surface area contributed by atoms with Gasteiger partial charge in [0, 0.05) is 13.8 Å². The molecule has 1 N–H and O–H groups in total. The zero-order valence-electron chi connectivity index (χ0n) is 15.6. The first-order chi connectivity index (χ1) is 14.2. The molecule has 0 amide bonds. The lowest BCUT2D eigenvalue weighted by Crippen LogP contribution is -2.14. The number of oxime groups is 1. The Morgan fingerprint density at radius 3 is 2.33 bits per heavy atom. The van der Waals surface area contributed by atoms with E-state index >= 15 is 0 Å². The summed E-state index contributed by atoms with van der Waals surface area (Å²) in [4.78, 5) is 16.3. The van der Waals surface area contributed by atoms with Gasteiger partial charge < -0.3 is 14.7 Å². The topological polar surface area (TPSA) is 85.9 Å². The number of nitrogens with zero attached hydrogens (tertiary/aromatic N) is 3. The quantitative estimate of drug-likeness (QED) is 0.445. The van der Waals surface area contributed by atoms with Crippen molar-refractivity contribution in [1.82, 2.24) is 9.78 Å². The molecule has 0 aliphatic rings. The minimum atomic E-state index is -4.81. The van der Waals surface area contributed by atoms with Gasteiger partial charge >= 0.3 is 12.1 Å². The molecule has 1 aromatic heterocycles. The van der Waals surface area contributed by atoms with Crippen molar-refractivity contribution in [1.29, 1.82) is 0 Å². The highest BCUT2D eigenvalue weighted by Gasteiger charge is 2.43. The molecular formula is C20H16F3N3O4. The molecule has 0 aliphatic heterocycles. The zero-order chi connectivity index (χ0) is 21.9. The van der Waals surface area contributed by atoms with E-state index in [4.69, 9.17) is 14.7 Å². The summed E-state index contributed by atoms with van der Waals surface area (Å²) in [6.45, 7) is 3.19. The van der Waals surface area contributed by atoms with Gasteiger partial charge in [-0.1, -0.05) is 30.3 Å². The van der Waals surface area contributed by atoms with E-state index in [0.29, 0.717) is 5.75 Å². The molecule has 0 bridgehead atoms. The molecule has 0 fully saturated rings. The van der Waals surface area contributed by atoms with Crippen molar-refractivity contribution in [2.75, 3.05) is 0 Å². The van der Waals surface area contributed by atoms with Gasteiger partial charge in [-0.25, -0.2) is 9.48 Å². The molecule has 30 heavy (non-hydrogen) atoms. The van der Waals surface area contributed by atoms with Crippen molar-refractivity contribution in [2.45, 2.75) is 12.3 Å². The SMILES string of the molecule is C=NOC(c1ccc(C(=O)O)cc1)c1c(C(F)(F)F)nn(C)c1Oc1ccccc1. The third kappa shape index (κ3) is 4.27. The Morgan fingerprint density at radius 2 is 1.80 bits per heavy atom. The molecule has 2 aromatic carbocycles. The maximum Gasteiger partial charge on any atom is 0.435 e. The number of carboxylic acids is 1. The number of carboxylic acid groups (broad SMARTS) is 1. The lowest BCUT2D eigenvalue weighted by Gasteiger charge is -2.18. The average Bonchev–Trinajstić information content (AvgIpc) is 3.03. The largest absolute Gasteiger partial charge is 0.478 e. The molecule has 1 atom stereocenters. The second-order valence-corrected chi connectivity index (χ2v) is 6.15. The molecule has 1 heterocycles. The summed E-state index contributed by atoms with van der Waals surface area (Å²) in [6.07, 6.45) is -6.20. The van der Waals surface area contributed by atoms with Crippen molar-refractivity contribution in [3.05, 3.63) is 77.0 Å². The highest BCUT2D eigenvalue weighted by molar-refractivity contribution is 5.87. The monoisotopic (exact) mass is 419 g/mol. The van der Waals surface area contributed by atoms with E-state index in [0.717, 1.165) is 4.68 Å². The van der Waals surface area contributed by atoms with Crippen molar-refractivity contribution < 1.29 is 32.6 Å². The summed E-state index contributed by atoms with van der Waals surface area (Å²) in [5, 5.41) is 15.9. The number of halogens is 3. The first-order valence-electron chi connectivity index (χ1n) is 8.54. The van der Waals surface area contributed by atoms with Gasteiger partial charge in [-0.15, -0.1) is 5.16 Å². The minimum Gasteiger partial charge on any atom is -0.478 e. The summed E-state index contributed by atoms with van der Waals surface area (Å²) in [6, 6.07) is 13.4. The maximum absolute atomic E-state index is 13.8. The van der Waals surface area contributed by atoms with Crippen LogP contribution in [-0.2, 0) is 18.1 Å². The number of para-hydroxylation sites is 1. The highest BCUT2D eigenvalue weighted by atomic mass is 19.4. The second kappa shape index (κ2) is 8.27. The van der Waals surface area contributed by atoms with Gasteiger partial charge in [0.05, 0.1) is 11.1 Å². The van der Waals surface area contributed by atoms with Crippen molar-refractivity contribution in [3.8, 4) is 11.6 Å². The van der Waals surface area contributed by atoms with Gasteiger partial charge in [-0.05, 0) is 29.8 Å². The zero-order valence-corrected chi connectivity index (χ0v) is 15.6. The Balaban J connectivity index is 2.17. The maximum atomic E-state index is 13.8. The Hall–Kier alpha value is -3.82. The lowest BCUT2D eigenvalue weighted by atomic mass is 10.00. The Bertz CT molecular complexity index is 1050. The van der Waals surface area contributed by atoms with Gasteiger partial charge in [-0.2, -0.15) is 18.3 Å². The fourth-order valence-electron chi connectivity index (χ4n) is 2.85. The van der Waals surface area contributed by atoms with Crippen LogP contribution in [0.25, 0.3) is 0 Å². The van der Waals surface area contributed by atoms with E-state index in [2.05, 4.69) is 17.0 Å². The van der Waals surface area contributed by atoms with Crippen LogP contribution in [0.5, 0.6) is 11.6 Å². The molecule has 0 radical (unpaired) electrons. The molecule has 10 heteroatoms. The Labute approximate surface area is 169 Å². The van der Waals surface area contributed by atoms with Crippen LogP contribution in [0.2, 0.25) is 0 Å². The highest BCUT2D eigenvalue weighted by Crippen LogP contribution is 2.43. The Kier molecular flexibility index (Phi) is 5.77. The van der Waals surface area contributed by atoms with Crippen LogP contribution >= 0.6 is 0 Å². The predicted molar refractivity (Wildman–Crippen MR) is 101 cm³/mol. The summed E-state index contributed by atoms with van der Waals surface area (Å²) >= 11 is 0. The van der Waals surface area contributed by atoms with Crippen LogP contribution in [0.3, 0.4) is 0 Å². The van der Waals surface area contributed by atoms with Gasteiger partial charge in [0.15, 0.2) is 11.8 Å². The standard InChI is InChI=1S/C20H16F3N3O4/c1-24-30-16(12-8-10-13(11-9-12)19(27)28)15-17(20(21,22)23)25-26(2)18(15)29-14-6-4-3-5-7-14/h3-11,16H,1H2,2H3,(H,27,28). The fraction of sp³-hybridized carbons (Fsp3) is 0.150. The third-order valence-corrected chi connectivity index (χ3v) is 4.16. The van der Waals surface area contributed by atoms with Crippen molar-refractivity contribution >= 4 is 12.7 Å². The van der Waals surface area contributed by atoms with E-state index in [1.54, 1.807) is 30.3 Å². The number of aromatic carboxylic acids is 1. The first kappa shape index (κ1) is 20.9. The molecule has 7 nitrogen and oxygen atoms in total. The first-order valence-corrected chi connectivity index (χ1v) is 8.54. The van der Waals surface area contributed by atoms with Crippen LogP contribution in [0.15, 0.2) is 59.8 Å². The minimum absolute atomic E-state index is 0.0351. The molecule has 1 unspecified atom stereocenters. The van der Waals surface area contributed by atoms with E-state index in [1.165, 1.54) is 31.3 Å². The number of aryl methyl sites for hydroxylation is 1. The predicted octanol–water partition coefficient (Wildman–Crippen LogP) is 4.65. The van der Waals surface area contributed by atoms with E-state index < -0.39 is 29.5 Å².